The first-order chi connectivity index (χ1) is 10.6. The Balaban J connectivity index is 1.96. The van der Waals surface area contributed by atoms with E-state index in [1.54, 1.807) is 18.2 Å². The van der Waals surface area contributed by atoms with Crippen LogP contribution < -0.4 is 4.74 Å². The van der Waals surface area contributed by atoms with Crippen molar-refractivity contribution < 1.29 is 9.13 Å². The fraction of sp³-hybridized carbons (Fsp3) is 0.222. The molecule has 1 heterocycles. The molecule has 0 saturated heterocycles. The second kappa shape index (κ2) is 6.01. The molecule has 22 heavy (non-hydrogen) atoms. The number of rotatable bonds is 4. The van der Waals surface area contributed by atoms with Gasteiger partial charge in [-0.05, 0) is 50.2 Å². The molecule has 0 spiro atoms. The van der Waals surface area contributed by atoms with Crippen LogP contribution in [0.1, 0.15) is 25.6 Å². The van der Waals surface area contributed by atoms with Gasteiger partial charge in [0.25, 0.3) is 0 Å². The zero-order valence-corrected chi connectivity index (χ0v) is 13.3. The molecule has 3 aromatic rings. The summed E-state index contributed by atoms with van der Waals surface area (Å²) in [7, 11) is 0. The number of halogens is 2. The second-order valence-corrected chi connectivity index (χ2v) is 5.95. The molecule has 4 heteroatoms. The molecular weight excluding hydrogens is 301 g/mol. The highest BCUT2D eigenvalue weighted by Crippen LogP contribution is 2.27. The largest absolute Gasteiger partial charge is 0.487 e. The molecule has 0 unspecified atom stereocenters. The van der Waals surface area contributed by atoms with Gasteiger partial charge in [-0.2, -0.15) is 0 Å². The number of fused-ring (bicyclic) bond motifs is 1. The fourth-order valence-electron chi connectivity index (χ4n) is 2.70. The third-order valence-electron chi connectivity index (χ3n) is 3.61. The van der Waals surface area contributed by atoms with Crippen molar-refractivity contribution in [2.75, 3.05) is 0 Å². The van der Waals surface area contributed by atoms with Crippen molar-refractivity contribution in [2.45, 2.75) is 26.5 Å². The molecule has 3 rings (SSSR count). The predicted octanol–water partition coefficient (Wildman–Crippen LogP) is 5.59. The van der Waals surface area contributed by atoms with Gasteiger partial charge in [0.2, 0.25) is 0 Å². The van der Waals surface area contributed by atoms with Crippen LogP contribution in [0.3, 0.4) is 0 Å². The van der Waals surface area contributed by atoms with Crippen LogP contribution in [0.2, 0.25) is 5.02 Å². The van der Waals surface area contributed by atoms with Crippen LogP contribution >= 0.6 is 11.6 Å². The standard InChI is InChI=1S/C18H17ClFNO/c1-12(2)21-14(10-16-17(20)7-4-8-18(16)21)11-22-15-6-3-5-13(19)9-15/h3-10,12H,11H2,1-2H3. The van der Waals surface area contributed by atoms with Gasteiger partial charge >= 0.3 is 0 Å². The monoisotopic (exact) mass is 317 g/mol. The summed E-state index contributed by atoms with van der Waals surface area (Å²) in [6.07, 6.45) is 0. The Morgan fingerprint density at radius 1 is 1.14 bits per heavy atom. The van der Waals surface area contributed by atoms with E-state index in [0.717, 1.165) is 11.2 Å². The topological polar surface area (TPSA) is 14.2 Å². The fourth-order valence-corrected chi connectivity index (χ4v) is 2.88. The SMILES string of the molecule is CC(C)n1c(COc2cccc(Cl)c2)cc2c(F)cccc21. The van der Waals surface area contributed by atoms with Crippen LogP contribution in [0.5, 0.6) is 5.75 Å². The second-order valence-electron chi connectivity index (χ2n) is 5.52. The van der Waals surface area contributed by atoms with E-state index in [9.17, 15) is 4.39 Å². The molecule has 0 amide bonds. The van der Waals surface area contributed by atoms with E-state index in [4.69, 9.17) is 16.3 Å². The average Bonchev–Trinajstić information content (AvgIpc) is 2.85. The minimum absolute atomic E-state index is 0.207. The van der Waals surface area contributed by atoms with Crippen molar-refractivity contribution in [1.82, 2.24) is 4.57 Å². The Morgan fingerprint density at radius 2 is 1.91 bits per heavy atom. The van der Waals surface area contributed by atoms with Gasteiger partial charge in [0.05, 0.1) is 11.2 Å². The maximum absolute atomic E-state index is 14.0. The Kier molecular flexibility index (Phi) is 4.08. The first kappa shape index (κ1) is 14.9. The van der Waals surface area contributed by atoms with Crippen LogP contribution in [0.25, 0.3) is 10.9 Å². The van der Waals surface area contributed by atoms with E-state index in [1.807, 2.05) is 24.3 Å². The van der Waals surface area contributed by atoms with Crippen molar-refractivity contribution in [1.29, 1.82) is 0 Å². The third-order valence-corrected chi connectivity index (χ3v) is 3.84. The highest BCUT2D eigenvalue weighted by Gasteiger charge is 2.14. The van der Waals surface area contributed by atoms with E-state index in [0.29, 0.717) is 22.8 Å². The van der Waals surface area contributed by atoms with Crippen LogP contribution in [-0.2, 0) is 6.61 Å². The molecule has 1 aromatic heterocycles. The summed E-state index contributed by atoms with van der Waals surface area (Å²) >= 11 is 5.96. The zero-order chi connectivity index (χ0) is 15.7. The van der Waals surface area contributed by atoms with Gasteiger partial charge in [0.15, 0.2) is 0 Å². The van der Waals surface area contributed by atoms with Crippen molar-refractivity contribution in [3.05, 3.63) is 65.1 Å². The summed E-state index contributed by atoms with van der Waals surface area (Å²) in [5, 5.41) is 1.26. The number of ether oxygens (including phenoxy) is 1. The molecule has 0 atom stereocenters. The van der Waals surface area contributed by atoms with Crippen molar-refractivity contribution in [3.63, 3.8) is 0 Å². The molecule has 0 saturated carbocycles. The van der Waals surface area contributed by atoms with Crippen LogP contribution in [0.15, 0.2) is 48.5 Å². The van der Waals surface area contributed by atoms with E-state index >= 15 is 0 Å². The lowest BCUT2D eigenvalue weighted by atomic mass is 10.2. The van der Waals surface area contributed by atoms with Gasteiger partial charge in [0.1, 0.15) is 18.2 Å². The number of hydrogen-bond acceptors (Lipinski definition) is 1. The molecule has 0 aliphatic carbocycles. The molecule has 2 aromatic carbocycles. The maximum atomic E-state index is 14.0. The van der Waals surface area contributed by atoms with Crippen molar-refractivity contribution in [2.24, 2.45) is 0 Å². The number of aromatic nitrogens is 1. The number of nitrogens with zero attached hydrogens (tertiary/aromatic N) is 1. The first-order valence-corrected chi connectivity index (χ1v) is 7.61. The number of benzene rings is 2. The number of hydrogen-bond donors (Lipinski definition) is 0. The molecule has 0 aliphatic heterocycles. The first-order valence-electron chi connectivity index (χ1n) is 7.23. The summed E-state index contributed by atoms with van der Waals surface area (Å²) in [6.45, 7) is 4.52. The predicted molar refractivity (Wildman–Crippen MR) is 88.1 cm³/mol. The van der Waals surface area contributed by atoms with E-state index in [2.05, 4.69) is 18.4 Å². The Morgan fingerprint density at radius 3 is 2.64 bits per heavy atom. The summed E-state index contributed by atoms with van der Waals surface area (Å²) in [6, 6.07) is 14.5. The summed E-state index contributed by atoms with van der Waals surface area (Å²) in [4.78, 5) is 0. The molecule has 114 valence electrons. The average molecular weight is 318 g/mol. The summed E-state index contributed by atoms with van der Waals surface area (Å²) in [5.74, 6) is 0.495. The zero-order valence-electron chi connectivity index (χ0n) is 12.5. The minimum atomic E-state index is -0.207. The Bertz CT molecular complexity index is 810. The maximum Gasteiger partial charge on any atom is 0.132 e. The molecule has 0 aliphatic rings. The highest BCUT2D eigenvalue weighted by molar-refractivity contribution is 6.30. The summed E-state index contributed by atoms with van der Waals surface area (Å²) < 4.78 is 21.9. The van der Waals surface area contributed by atoms with Crippen molar-refractivity contribution in [3.8, 4) is 5.75 Å². The molecule has 0 bridgehead atoms. The molecular formula is C18H17ClFNO. The van der Waals surface area contributed by atoms with Gasteiger partial charge in [-0.25, -0.2) is 4.39 Å². The molecule has 0 radical (unpaired) electrons. The van der Waals surface area contributed by atoms with Gasteiger partial charge in [-0.3, -0.25) is 0 Å². The van der Waals surface area contributed by atoms with Crippen LogP contribution in [-0.4, -0.2) is 4.57 Å². The van der Waals surface area contributed by atoms with E-state index < -0.39 is 0 Å². The highest BCUT2D eigenvalue weighted by atomic mass is 35.5. The lowest BCUT2D eigenvalue weighted by Gasteiger charge is -2.15. The van der Waals surface area contributed by atoms with E-state index in [-0.39, 0.29) is 11.9 Å². The molecule has 0 N–H and O–H groups in total. The van der Waals surface area contributed by atoms with E-state index in [1.165, 1.54) is 6.07 Å². The van der Waals surface area contributed by atoms with Crippen LogP contribution in [0, 0.1) is 5.82 Å². The third kappa shape index (κ3) is 2.81. The normalized spacial score (nSPS) is 11.3. The quantitative estimate of drug-likeness (QED) is 0.611. The Hall–Kier alpha value is -2.00. The van der Waals surface area contributed by atoms with Crippen molar-refractivity contribution >= 4 is 22.5 Å². The Labute approximate surface area is 134 Å². The lowest BCUT2D eigenvalue weighted by Crippen LogP contribution is -2.08. The minimum Gasteiger partial charge on any atom is -0.487 e. The lowest BCUT2D eigenvalue weighted by molar-refractivity contribution is 0.293. The van der Waals surface area contributed by atoms with Gasteiger partial charge < -0.3 is 9.30 Å². The van der Waals surface area contributed by atoms with Crippen LogP contribution in [0.4, 0.5) is 4.39 Å². The molecule has 0 fully saturated rings. The van der Waals surface area contributed by atoms with Gasteiger partial charge in [-0.15, -0.1) is 0 Å². The smallest absolute Gasteiger partial charge is 0.132 e. The van der Waals surface area contributed by atoms with Gasteiger partial charge in [0, 0.05) is 16.5 Å². The molecule has 2 nitrogen and oxygen atoms in total. The summed E-state index contributed by atoms with van der Waals surface area (Å²) in [5.41, 5.74) is 1.83. The van der Waals surface area contributed by atoms with Gasteiger partial charge in [-0.1, -0.05) is 23.7 Å².